The number of hydrogen-bond acceptors (Lipinski definition) is 1. The van der Waals surface area contributed by atoms with Crippen LogP contribution in [0.25, 0.3) is 21.9 Å². The molecule has 0 radical (unpaired) electrons. The van der Waals surface area contributed by atoms with Gasteiger partial charge in [-0.05, 0) is 48.5 Å². The van der Waals surface area contributed by atoms with Crippen molar-refractivity contribution >= 4 is 32.0 Å². The van der Waals surface area contributed by atoms with E-state index in [9.17, 15) is 0 Å². The highest BCUT2D eigenvalue weighted by molar-refractivity contribution is 8.34. The van der Waals surface area contributed by atoms with E-state index in [2.05, 4.69) is 127 Å². The number of furan rings is 1. The lowest BCUT2D eigenvalue weighted by Gasteiger charge is -2.41. The third-order valence-corrected chi connectivity index (χ3v) is 9.91. The summed E-state index contributed by atoms with van der Waals surface area (Å²) in [4.78, 5) is 5.12. The fourth-order valence-corrected chi connectivity index (χ4v) is 8.61. The predicted octanol–water partition coefficient (Wildman–Crippen LogP) is 8.93. The number of rotatable bonds is 4. The van der Waals surface area contributed by atoms with Crippen LogP contribution in [-0.4, -0.2) is 0 Å². The van der Waals surface area contributed by atoms with Crippen molar-refractivity contribution in [3.63, 3.8) is 0 Å². The molecule has 0 saturated carbocycles. The van der Waals surface area contributed by atoms with Gasteiger partial charge in [0.1, 0.15) is 11.2 Å². The molecule has 0 atom stereocenters. The monoisotopic (exact) mass is 430 g/mol. The Labute approximate surface area is 189 Å². The van der Waals surface area contributed by atoms with Crippen molar-refractivity contribution in [2.75, 3.05) is 0 Å². The summed E-state index contributed by atoms with van der Waals surface area (Å²) in [7, 11) is -1.78. The molecule has 0 amide bonds. The molecule has 0 saturated heterocycles. The van der Waals surface area contributed by atoms with Gasteiger partial charge in [-0.3, -0.25) is 0 Å². The summed E-state index contributed by atoms with van der Waals surface area (Å²) >= 11 is 0. The summed E-state index contributed by atoms with van der Waals surface area (Å²) in [6, 6.07) is 47.6. The van der Waals surface area contributed by atoms with E-state index in [1.165, 1.54) is 19.6 Å². The van der Waals surface area contributed by atoms with Crippen LogP contribution < -0.4 is 0 Å². The average molecular weight is 431 g/mol. The average Bonchev–Trinajstić information content (AvgIpc) is 3.26. The minimum Gasteiger partial charge on any atom is -0.455 e. The maximum absolute atomic E-state index is 6.57. The van der Waals surface area contributed by atoms with Gasteiger partial charge >= 0.3 is 0 Å². The van der Waals surface area contributed by atoms with Gasteiger partial charge in [0.15, 0.2) is 0 Å². The zero-order chi connectivity index (χ0) is 21.4. The van der Waals surface area contributed by atoms with Gasteiger partial charge in [0.25, 0.3) is 0 Å². The Kier molecular flexibility index (Phi) is 4.59. The van der Waals surface area contributed by atoms with Crippen LogP contribution in [0.3, 0.4) is 0 Å². The van der Waals surface area contributed by atoms with Crippen molar-refractivity contribution in [1.29, 1.82) is 0 Å². The second kappa shape index (κ2) is 7.74. The normalized spacial score (nSPS) is 12.2. The van der Waals surface area contributed by atoms with E-state index < -0.39 is 10.0 Å². The molecule has 1 nitrogen and oxygen atoms in total. The molecule has 1 aromatic heterocycles. The maximum atomic E-state index is 6.57. The van der Waals surface area contributed by atoms with Gasteiger partial charge in [-0.15, -0.1) is 10.0 Å². The molecule has 0 bridgehead atoms. The van der Waals surface area contributed by atoms with Crippen molar-refractivity contribution < 1.29 is 4.42 Å². The van der Waals surface area contributed by atoms with E-state index in [0.29, 0.717) is 0 Å². The molecule has 1 heterocycles. The highest BCUT2D eigenvalue weighted by Crippen LogP contribution is 2.74. The number of fused-ring (bicyclic) bond motifs is 3. The van der Waals surface area contributed by atoms with Crippen LogP contribution >= 0.6 is 10.0 Å². The molecule has 0 aliphatic carbocycles. The van der Waals surface area contributed by atoms with E-state index in [1.54, 1.807) is 0 Å². The molecule has 0 fully saturated rings. The molecular weight excluding hydrogens is 408 g/mol. The van der Waals surface area contributed by atoms with Crippen molar-refractivity contribution in [3.05, 3.63) is 133 Å². The lowest BCUT2D eigenvalue weighted by atomic mass is 10.1. The van der Waals surface area contributed by atoms with E-state index in [-0.39, 0.29) is 0 Å². The van der Waals surface area contributed by atoms with E-state index in [0.717, 1.165) is 21.9 Å². The molecule has 0 aliphatic heterocycles. The second-order valence-electron chi connectivity index (χ2n) is 7.78. The van der Waals surface area contributed by atoms with E-state index in [4.69, 9.17) is 4.42 Å². The topological polar surface area (TPSA) is 13.1 Å². The first-order valence-electron chi connectivity index (χ1n) is 10.8. The standard InChI is InChI=1S/C30H22OS/c1-4-13-23(14-5-1)32(24-15-6-2-7-16-24,25-17-8-3-9-18-25)29-22-12-20-27-26-19-10-11-21-28(26)31-30(27)29/h1-22H. The Balaban J connectivity index is 1.82. The molecule has 32 heavy (non-hydrogen) atoms. The SMILES string of the molecule is c1ccc(S(c2ccccc2)(c2ccccc2)c2cccc3c2oc2ccccc23)cc1. The first kappa shape index (κ1) is 19.0. The molecule has 5 aromatic carbocycles. The van der Waals surface area contributed by atoms with Crippen molar-refractivity contribution in [3.8, 4) is 0 Å². The van der Waals surface area contributed by atoms with Gasteiger partial charge in [0.2, 0.25) is 0 Å². The number of hydrogen-bond donors (Lipinski definition) is 0. The Morgan fingerprint density at radius 3 is 1.44 bits per heavy atom. The van der Waals surface area contributed by atoms with Crippen LogP contribution in [0.2, 0.25) is 0 Å². The molecule has 6 rings (SSSR count). The second-order valence-corrected chi connectivity index (χ2v) is 10.9. The van der Waals surface area contributed by atoms with Crippen LogP contribution in [-0.2, 0) is 0 Å². The van der Waals surface area contributed by atoms with Crippen LogP contribution in [0.1, 0.15) is 0 Å². The van der Waals surface area contributed by atoms with Crippen LogP contribution in [0.15, 0.2) is 157 Å². The molecule has 2 heteroatoms. The fourth-order valence-electron chi connectivity index (χ4n) is 4.63. The van der Waals surface area contributed by atoms with Crippen LogP contribution in [0, 0.1) is 0 Å². The largest absolute Gasteiger partial charge is 0.455 e. The van der Waals surface area contributed by atoms with Crippen molar-refractivity contribution in [2.45, 2.75) is 19.6 Å². The molecule has 0 N–H and O–H groups in total. The van der Waals surface area contributed by atoms with Crippen molar-refractivity contribution in [2.24, 2.45) is 0 Å². The van der Waals surface area contributed by atoms with Crippen LogP contribution in [0.4, 0.5) is 0 Å². The maximum Gasteiger partial charge on any atom is 0.148 e. The van der Waals surface area contributed by atoms with E-state index in [1.807, 2.05) is 6.07 Å². The Bertz CT molecular complexity index is 1410. The van der Waals surface area contributed by atoms with Gasteiger partial charge < -0.3 is 4.42 Å². The molecule has 0 unspecified atom stereocenters. The Hall–Kier alpha value is -3.75. The zero-order valence-corrected chi connectivity index (χ0v) is 18.3. The molecule has 0 aliphatic rings. The number of para-hydroxylation sites is 2. The first-order chi connectivity index (χ1) is 15.9. The molecule has 6 aromatic rings. The number of benzene rings is 5. The van der Waals surface area contributed by atoms with Gasteiger partial charge in [0, 0.05) is 30.4 Å². The van der Waals surface area contributed by atoms with Crippen molar-refractivity contribution in [1.82, 2.24) is 0 Å². The Morgan fingerprint density at radius 1 is 0.406 bits per heavy atom. The van der Waals surface area contributed by atoms with Gasteiger partial charge in [0.05, 0.1) is 0 Å². The predicted molar refractivity (Wildman–Crippen MR) is 134 cm³/mol. The van der Waals surface area contributed by atoms with Crippen LogP contribution in [0.5, 0.6) is 0 Å². The third kappa shape index (κ3) is 2.80. The summed E-state index contributed by atoms with van der Waals surface area (Å²) in [5.41, 5.74) is 1.90. The van der Waals surface area contributed by atoms with Gasteiger partial charge in [-0.2, -0.15) is 0 Å². The minimum absolute atomic E-state index is 0.928. The summed E-state index contributed by atoms with van der Waals surface area (Å²) in [5.74, 6) is 0. The molecule has 0 spiro atoms. The Morgan fingerprint density at radius 2 is 0.875 bits per heavy atom. The summed E-state index contributed by atoms with van der Waals surface area (Å²) in [5, 5.41) is 2.32. The molecular formula is C30H22OS. The summed E-state index contributed by atoms with van der Waals surface area (Å²) in [6.07, 6.45) is 0. The lowest BCUT2D eigenvalue weighted by Crippen LogP contribution is -2.05. The first-order valence-corrected chi connectivity index (χ1v) is 12.4. The third-order valence-electron chi connectivity index (χ3n) is 5.99. The highest BCUT2D eigenvalue weighted by atomic mass is 32.3. The highest BCUT2D eigenvalue weighted by Gasteiger charge is 2.35. The summed E-state index contributed by atoms with van der Waals surface area (Å²) < 4.78 is 6.57. The van der Waals surface area contributed by atoms with E-state index >= 15 is 0 Å². The smallest absolute Gasteiger partial charge is 0.148 e. The minimum atomic E-state index is -1.78. The lowest BCUT2D eigenvalue weighted by molar-refractivity contribution is 0.659. The summed E-state index contributed by atoms with van der Waals surface area (Å²) in [6.45, 7) is 0. The van der Waals surface area contributed by atoms with Gasteiger partial charge in [-0.1, -0.05) is 84.9 Å². The fraction of sp³-hybridized carbons (Fsp3) is 0. The quantitative estimate of drug-likeness (QED) is 0.272. The molecule has 154 valence electrons. The van der Waals surface area contributed by atoms with Gasteiger partial charge in [-0.25, -0.2) is 0 Å². The zero-order valence-electron chi connectivity index (χ0n) is 17.5.